The predicted molar refractivity (Wildman–Crippen MR) is 133 cm³/mol. The van der Waals surface area contributed by atoms with E-state index in [-0.39, 0.29) is 17.4 Å². The van der Waals surface area contributed by atoms with Crippen molar-refractivity contribution in [2.45, 2.75) is 53.2 Å². The molecule has 7 nitrogen and oxygen atoms in total. The number of aryl methyl sites for hydroxylation is 1. The first-order valence-electron chi connectivity index (χ1n) is 12.0. The van der Waals surface area contributed by atoms with E-state index in [0.29, 0.717) is 17.9 Å². The van der Waals surface area contributed by atoms with Crippen LogP contribution in [0.25, 0.3) is 5.76 Å². The summed E-state index contributed by atoms with van der Waals surface area (Å²) in [6.45, 7) is 13.1. The van der Waals surface area contributed by atoms with Crippen molar-refractivity contribution in [1.29, 1.82) is 0 Å². The van der Waals surface area contributed by atoms with E-state index >= 15 is 0 Å². The molecule has 34 heavy (non-hydrogen) atoms. The van der Waals surface area contributed by atoms with Crippen LogP contribution in [-0.4, -0.2) is 63.9 Å². The third kappa shape index (κ3) is 5.47. The minimum atomic E-state index is -0.665. The molecule has 0 spiro atoms. The Morgan fingerprint density at radius 3 is 2.41 bits per heavy atom. The number of carbonyl (C=O) groups excluding carboxylic acids is 2. The summed E-state index contributed by atoms with van der Waals surface area (Å²) in [6, 6.07) is 8.19. The molecule has 0 radical (unpaired) electrons. The molecule has 1 aliphatic rings. The molecule has 1 aromatic carbocycles. The summed E-state index contributed by atoms with van der Waals surface area (Å²) in [5.41, 5.74) is 2.17. The van der Waals surface area contributed by atoms with Crippen molar-refractivity contribution in [3.63, 3.8) is 0 Å². The second kappa shape index (κ2) is 11.3. The number of pyridine rings is 1. The minimum absolute atomic E-state index is 0.0199. The molecule has 1 unspecified atom stereocenters. The van der Waals surface area contributed by atoms with Gasteiger partial charge in [-0.2, -0.15) is 0 Å². The molecule has 1 fully saturated rings. The number of hydrogen-bond donors (Lipinski definition) is 1. The zero-order valence-corrected chi connectivity index (χ0v) is 20.7. The lowest BCUT2D eigenvalue weighted by Gasteiger charge is -2.26. The van der Waals surface area contributed by atoms with Crippen molar-refractivity contribution in [2.75, 3.05) is 26.2 Å². The van der Waals surface area contributed by atoms with Gasteiger partial charge in [-0.15, -0.1) is 0 Å². The average Bonchev–Trinajstić information content (AvgIpc) is 3.08. The van der Waals surface area contributed by atoms with Crippen LogP contribution in [0.3, 0.4) is 0 Å². The molecular formula is C27H35N3O4. The summed E-state index contributed by atoms with van der Waals surface area (Å²) in [6.07, 6.45) is 4.02. The lowest BCUT2D eigenvalue weighted by Crippen LogP contribution is -2.33. The van der Waals surface area contributed by atoms with Crippen LogP contribution in [0.1, 0.15) is 56.8 Å². The standard InChI is InChI=1S/C27H35N3O4/c1-6-29(7-2)15-8-16-30-24(20-11-13-28-14-12-20)23(26(32)27(30)33)25(31)21-9-10-22(19(5)17-21)34-18(3)4/h9-14,17-18,24,31H,6-8,15-16H2,1-5H3/b25-23+. The first-order chi connectivity index (χ1) is 16.3. The first-order valence-corrected chi connectivity index (χ1v) is 12.0. The molecule has 0 bridgehead atoms. The van der Waals surface area contributed by atoms with Gasteiger partial charge in [0.2, 0.25) is 0 Å². The number of likely N-dealkylation sites (tertiary alicyclic amines) is 1. The number of carbonyl (C=O) groups is 2. The van der Waals surface area contributed by atoms with Gasteiger partial charge < -0.3 is 19.6 Å². The zero-order valence-electron chi connectivity index (χ0n) is 20.7. The molecule has 1 aliphatic heterocycles. The van der Waals surface area contributed by atoms with Crippen LogP contribution in [0.15, 0.2) is 48.3 Å². The number of rotatable bonds is 10. The van der Waals surface area contributed by atoms with Crippen LogP contribution in [0.2, 0.25) is 0 Å². The Bertz CT molecular complexity index is 1050. The van der Waals surface area contributed by atoms with Gasteiger partial charge in [0.25, 0.3) is 11.7 Å². The van der Waals surface area contributed by atoms with Crippen molar-refractivity contribution >= 4 is 17.4 Å². The van der Waals surface area contributed by atoms with Gasteiger partial charge in [-0.25, -0.2) is 0 Å². The van der Waals surface area contributed by atoms with E-state index in [1.165, 1.54) is 0 Å². The minimum Gasteiger partial charge on any atom is -0.507 e. The van der Waals surface area contributed by atoms with E-state index in [4.69, 9.17) is 4.74 Å². The lowest BCUT2D eigenvalue weighted by molar-refractivity contribution is -0.140. The molecule has 1 saturated heterocycles. The highest BCUT2D eigenvalue weighted by molar-refractivity contribution is 6.46. The van der Waals surface area contributed by atoms with Crippen LogP contribution in [0.5, 0.6) is 5.75 Å². The van der Waals surface area contributed by atoms with Gasteiger partial charge >= 0.3 is 0 Å². The molecule has 1 atom stereocenters. The van der Waals surface area contributed by atoms with Gasteiger partial charge in [0.05, 0.1) is 17.7 Å². The number of aliphatic hydroxyl groups excluding tert-OH is 1. The van der Waals surface area contributed by atoms with Crippen molar-refractivity contribution in [1.82, 2.24) is 14.8 Å². The van der Waals surface area contributed by atoms with E-state index in [1.807, 2.05) is 20.8 Å². The number of aliphatic hydroxyl groups is 1. The highest BCUT2D eigenvalue weighted by Crippen LogP contribution is 2.39. The Morgan fingerprint density at radius 2 is 1.82 bits per heavy atom. The Labute approximate surface area is 202 Å². The summed E-state index contributed by atoms with van der Waals surface area (Å²) in [5, 5.41) is 11.3. The molecule has 0 aliphatic carbocycles. The number of benzene rings is 1. The Kier molecular flexibility index (Phi) is 8.45. The van der Waals surface area contributed by atoms with Gasteiger partial charge in [-0.05, 0) is 88.3 Å². The van der Waals surface area contributed by atoms with Crippen LogP contribution in [0, 0.1) is 6.92 Å². The number of nitrogens with zero attached hydrogens (tertiary/aromatic N) is 3. The molecule has 2 heterocycles. The zero-order chi connectivity index (χ0) is 24.8. The highest BCUT2D eigenvalue weighted by Gasteiger charge is 2.45. The molecule has 182 valence electrons. The van der Waals surface area contributed by atoms with Crippen LogP contribution in [0.4, 0.5) is 0 Å². The number of aromatic nitrogens is 1. The average molecular weight is 466 g/mol. The highest BCUT2D eigenvalue weighted by atomic mass is 16.5. The summed E-state index contributed by atoms with van der Waals surface area (Å²) in [7, 11) is 0. The van der Waals surface area contributed by atoms with E-state index in [1.54, 1.807) is 47.6 Å². The SMILES string of the molecule is CCN(CC)CCCN1C(=O)C(=O)/C(=C(/O)c2ccc(OC(C)C)c(C)c2)C1c1ccncc1. The van der Waals surface area contributed by atoms with Crippen LogP contribution in [-0.2, 0) is 9.59 Å². The second-order valence-corrected chi connectivity index (χ2v) is 8.80. The van der Waals surface area contributed by atoms with E-state index in [0.717, 1.165) is 37.2 Å². The smallest absolute Gasteiger partial charge is 0.295 e. The Hall–Kier alpha value is -3.19. The van der Waals surface area contributed by atoms with Crippen molar-refractivity contribution < 1.29 is 19.4 Å². The summed E-state index contributed by atoms with van der Waals surface area (Å²) >= 11 is 0. The van der Waals surface area contributed by atoms with Gasteiger partial charge in [0.15, 0.2) is 0 Å². The van der Waals surface area contributed by atoms with Crippen LogP contribution < -0.4 is 4.74 Å². The quantitative estimate of drug-likeness (QED) is 0.319. The Balaban J connectivity index is 2.00. The van der Waals surface area contributed by atoms with E-state index in [9.17, 15) is 14.7 Å². The van der Waals surface area contributed by atoms with Crippen molar-refractivity contribution in [2.24, 2.45) is 0 Å². The molecule has 3 rings (SSSR count). The number of ketones is 1. The third-order valence-corrected chi connectivity index (χ3v) is 6.14. The number of hydrogen-bond acceptors (Lipinski definition) is 6. The number of ether oxygens (including phenoxy) is 1. The topological polar surface area (TPSA) is 83.0 Å². The largest absolute Gasteiger partial charge is 0.507 e. The molecule has 2 aromatic rings. The lowest BCUT2D eigenvalue weighted by atomic mass is 9.95. The van der Waals surface area contributed by atoms with Gasteiger partial charge in [0, 0.05) is 24.5 Å². The maximum Gasteiger partial charge on any atom is 0.295 e. The predicted octanol–water partition coefficient (Wildman–Crippen LogP) is 4.33. The van der Waals surface area contributed by atoms with E-state index < -0.39 is 17.7 Å². The van der Waals surface area contributed by atoms with Gasteiger partial charge in [-0.1, -0.05) is 13.8 Å². The fraction of sp³-hybridized carbons (Fsp3) is 0.444. The monoisotopic (exact) mass is 465 g/mol. The molecule has 7 heteroatoms. The first kappa shape index (κ1) is 25.4. The normalized spacial score (nSPS) is 17.7. The number of Topliss-reactive ketones (excluding diaryl/α,β-unsaturated/α-hetero) is 1. The van der Waals surface area contributed by atoms with Crippen molar-refractivity contribution in [3.8, 4) is 5.75 Å². The summed E-state index contributed by atoms with van der Waals surface area (Å²) < 4.78 is 5.79. The van der Waals surface area contributed by atoms with Crippen LogP contribution >= 0.6 is 0 Å². The molecular weight excluding hydrogens is 430 g/mol. The molecule has 0 saturated carbocycles. The molecule has 1 N–H and O–H groups in total. The summed E-state index contributed by atoms with van der Waals surface area (Å²) in [4.78, 5) is 34.2. The maximum atomic E-state index is 13.2. The second-order valence-electron chi connectivity index (χ2n) is 8.80. The number of amides is 1. The molecule has 1 amide bonds. The Morgan fingerprint density at radius 1 is 1.15 bits per heavy atom. The van der Waals surface area contributed by atoms with E-state index in [2.05, 4.69) is 23.7 Å². The van der Waals surface area contributed by atoms with Gasteiger partial charge in [-0.3, -0.25) is 14.6 Å². The van der Waals surface area contributed by atoms with Crippen molar-refractivity contribution in [3.05, 3.63) is 65.0 Å². The maximum absolute atomic E-state index is 13.2. The van der Waals surface area contributed by atoms with Gasteiger partial charge in [0.1, 0.15) is 11.5 Å². The summed E-state index contributed by atoms with van der Waals surface area (Å²) in [5.74, 6) is -0.707. The molecule has 1 aromatic heterocycles. The third-order valence-electron chi connectivity index (χ3n) is 6.14. The fourth-order valence-corrected chi connectivity index (χ4v) is 4.35. The fourth-order valence-electron chi connectivity index (χ4n) is 4.35.